The lowest BCUT2D eigenvalue weighted by Gasteiger charge is -2.04. The Hall–Kier alpha value is -2.89. The first-order valence-electron chi connectivity index (χ1n) is 9.43. The highest BCUT2D eigenvalue weighted by Gasteiger charge is 2.15. The molecule has 0 aliphatic carbocycles. The number of thiazole rings is 1. The number of benzene rings is 2. The van der Waals surface area contributed by atoms with Crippen molar-refractivity contribution in [3.63, 3.8) is 0 Å². The monoisotopic (exact) mass is 442 g/mol. The number of aromatic nitrogens is 1. The Morgan fingerprint density at radius 1 is 1.23 bits per heavy atom. The molecule has 1 heterocycles. The second-order valence-corrected chi connectivity index (χ2v) is 9.76. The van der Waals surface area contributed by atoms with Gasteiger partial charge in [-0.15, -0.1) is 6.42 Å². The van der Waals surface area contributed by atoms with Crippen molar-refractivity contribution in [3.8, 4) is 18.1 Å². The summed E-state index contributed by atoms with van der Waals surface area (Å²) >= 11 is 1.32. The molecule has 3 rings (SSSR count). The quantitative estimate of drug-likeness (QED) is 0.502. The van der Waals surface area contributed by atoms with Crippen molar-refractivity contribution in [2.75, 3.05) is 12.4 Å². The second kappa shape index (κ2) is 9.74. The Bertz CT molecular complexity index is 1250. The first-order chi connectivity index (χ1) is 14.4. The van der Waals surface area contributed by atoms with E-state index in [1.54, 1.807) is 28.8 Å². The van der Waals surface area contributed by atoms with Crippen molar-refractivity contribution in [1.82, 2.24) is 4.57 Å². The highest BCUT2D eigenvalue weighted by Crippen LogP contribution is 2.23. The van der Waals surface area contributed by atoms with Crippen molar-refractivity contribution >= 4 is 37.3 Å². The zero-order valence-electron chi connectivity index (χ0n) is 16.6. The maximum absolute atomic E-state index is 12.4. The molecule has 0 radical (unpaired) electrons. The lowest BCUT2D eigenvalue weighted by molar-refractivity contribution is -0.117. The van der Waals surface area contributed by atoms with Crippen LogP contribution >= 0.6 is 11.3 Å². The Kier molecular flexibility index (Phi) is 7.08. The van der Waals surface area contributed by atoms with Gasteiger partial charge in [-0.05, 0) is 30.7 Å². The minimum atomic E-state index is -3.41. The van der Waals surface area contributed by atoms with Crippen molar-refractivity contribution in [3.05, 3.63) is 58.9 Å². The van der Waals surface area contributed by atoms with Gasteiger partial charge < -0.3 is 9.30 Å². The summed E-state index contributed by atoms with van der Waals surface area (Å²) in [5.74, 6) is 2.46. The van der Waals surface area contributed by atoms with Crippen LogP contribution in [-0.2, 0) is 26.9 Å². The number of hydrogen-bond acceptors (Lipinski definition) is 5. The standard InChI is InChI=1S/C22H22N2O4S2/c1-3-13-24-19-11-10-18(28-4-2)15-20(19)29-22(24)23-21(25)12-14-30(26,27)16-17-8-6-5-7-9-17/h1,5-11,15H,4,12-14,16H2,2H3. The molecule has 0 N–H and O–H groups in total. The molecular formula is C22H22N2O4S2. The third kappa shape index (κ3) is 5.59. The third-order valence-corrected chi connectivity index (χ3v) is 6.93. The molecule has 0 saturated heterocycles. The lowest BCUT2D eigenvalue weighted by Crippen LogP contribution is -2.18. The van der Waals surface area contributed by atoms with Crippen LogP contribution in [0.3, 0.4) is 0 Å². The zero-order valence-corrected chi connectivity index (χ0v) is 18.2. The molecular weight excluding hydrogens is 420 g/mol. The van der Waals surface area contributed by atoms with E-state index in [1.807, 2.05) is 31.2 Å². The molecule has 2 aromatic carbocycles. The Morgan fingerprint density at radius 2 is 2.00 bits per heavy atom. The van der Waals surface area contributed by atoms with Gasteiger partial charge in [0.15, 0.2) is 14.6 Å². The summed E-state index contributed by atoms with van der Waals surface area (Å²) in [6, 6.07) is 14.5. The van der Waals surface area contributed by atoms with Crippen LogP contribution in [0.5, 0.6) is 5.75 Å². The van der Waals surface area contributed by atoms with Crippen LogP contribution in [0.25, 0.3) is 10.2 Å². The average molecular weight is 443 g/mol. The van der Waals surface area contributed by atoms with E-state index in [0.717, 1.165) is 16.0 Å². The van der Waals surface area contributed by atoms with Crippen LogP contribution in [-0.4, -0.2) is 31.3 Å². The maximum atomic E-state index is 12.4. The molecule has 0 aliphatic heterocycles. The number of fused-ring (bicyclic) bond motifs is 1. The predicted molar refractivity (Wildman–Crippen MR) is 119 cm³/mol. The average Bonchev–Trinajstić information content (AvgIpc) is 3.04. The highest BCUT2D eigenvalue weighted by molar-refractivity contribution is 7.90. The van der Waals surface area contributed by atoms with Gasteiger partial charge in [0.1, 0.15) is 5.75 Å². The van der Waals surface area contributed by atoms with Gasteiger partial charge in [-0.3, -0.25) is 4.79 Å². The molecule has 6 nitrogen and oxygen atoms in total. The fourth-order valence-electron chi connectivity index (χ4n) is 2.95. The van der Waals surface area contributed by atoms with E-state index in [2.05, 4.69) is 10.9 Å². The van der Waals surface area contributed by atoms with E-state index < -0.39 is 15.7 Å². The summed E-state index contributed by atoms with van der Waals surface area (Å²) in [5, 5.41) is 0. The molecule has 0 unspecified atom stereocenters. The smallest absolute Gasteiger partial charge is 0.249 e. The Labute approximate surface area is 179 Å². The predicted octanol–water partition coefficient (Wildman–Crippen LogP) is 3.17. The summed E-state index contributed by atoms with van der Waals surface area (Å²) in [5.41, 5.74) is 1.55. The molecule has 0 spiro atoms. The number of hydrogen-bond donors (Lipinski definition) is 0. The van der Waals surface area contributed by atoms with Gasteiger partial charge in [0.25, 0.3) is 0 Å². The van der Waals surface area contributed by atoms with Crippen LogP contribution in [0.15, 0.2) is 53.5 Å². The van der Waals surface area contributed by atoms with Gasteiger partial charge in [-0.25, -0.2) is 8.42 Å². The third-order valence-electron chi connectivity index (χ3n) is 4.29. The van der Waals surface area contributed by atoms with Crippen LogP contribution in [0.4, 0.5) is 0 Å². The molecule has 3 aromatic rings. The molecule has 0 saturated carbocycles. The summed E-state index contributed by atoms with van der Waals surface area (Å²) in [7, 11) is -3.41. The van der Waals surface area contributed by atoms with Gasteiger partial charge in [0.05, 0.1) is 34.9 Å². The van der Waals surface area contributed by atoms with Crippen LogP contribution in [0, 0.1) is 12.3 Å². The van der Waals surface area contributed by atoms with Crippen molar-refractivity contribution < 1.29 is 17.9 Å². The Morgan fingerprint density at radius 3 is 2.70 bits per heavy atom. The molecule has 0 bridgehead atoms. The van der Waals surface area contributed by atoms with E-state index in [0.29, 0.717) is 17.0 Å². The number of terminal acetylenes is 1. The largest absolute Gasteiger partial charge is 0.494 e. The molecule has 8 heteroatoms. The van der Waals surface area contributed by atoms with Crippen molar-refractivity contribution in [1.29, 1.82) is 0 Å². The summed E-state index contributed by atoms with van der Waals surface area (Å²) in [4.78, 5) is 17.0. The van der Waals surface area contributed by atoms with E-state index in [1.165, 1.54) is 11.3 Å². The number of nitrogens with zero attached hydrogens (tertiary/aromatic N) is 2. The number of sulfone groups is 1. The van der Waals surface area contributed by atoms with E-state index >= 15 is 0 Å². The summed E-state index contributed by atoms with van der Waals surface area (Å²) in [6.45, 7) is 2.71. The van der Waals surface area contributed by atoms with Gasteiger partial charge in [-0.2, -0.15) is 4.99 Å². The van der Waals surface area contributed by atoms with Crippen LogP contribution in [0.1, 0.15) is 18.9 Å². The zero-order chi connectivity index (χ0) is 21.6. The molecule has 30 heavy (non-hydrogen) atoms. The molecule has 0 fully saturated rings. The van der Waals surface area contributed by atoms with E-state index in [9.17, 15) is 13.2 Å². The SMILES string of the molecule is C#CCn1c(=NC(=O)CCS(=O)(=O)Cc2ccccc2)sc2cc(OCC)ccc21. The first-order valence-corrected chi connectivity index (χ1v) is 12.1. The first kappa shape index (κ1) is 21.8. The van der Waals surface area contributed by atoms with Gasteiger partial charge >= 0.3 is 0 Å². The fraction of sp³-hybridized carbons (Fsp3) is 0.273. The number of carbonyl (C=O) groups is 1. The topological polar surface area (TPSA) is 77.7 Å². The number of ether oxygens (including phenoxy) is 1. The van der Waals surface area contributed by atoms with Crippen molar-refractivity contribution in [2.45, 2.75) is 25.6 Å². The van der Waals surface area contributed by atoms with Gasteiger partial charge in [-0.1, -0.05) is 47.6 Å². The molecule has 156 valence electrons. The van der Waals surface area contributed by atoms with Crippen LogP contribution < -0.4 is 9.54 Å². The van der Waals surface area contributed by atoms with Crippen LogP contribution in [0.2, 0.25) is 0 Å². The molecule has 1 aromatic heterocycles. The molecule has 0 aliphatic rings. The summed E-state index contributed by atoms with van der Waals surface area (Å²) in [6.07, 6.45) is 5.30. The van der Waals surface area contributed by atoms with E-state index in [-0.39, 0.29) is 24.5 Å². The van der Waals surface area contributed by atoms with Gasteiger partial charge in [0, 0.05) is 6.42 Å². The maximum Gasteiger partial charge on any atom is 0.249 e. The number of amides is 1. The van der Waals surface area contributed by atoms with Crippen molar-refractivity contribution in [2.24, 2.45) is 4.99 Å². The van der Waals surface area contributed by atoms with E-state index in [4.69, 9.17) is 11.2 Å². The minimum absolute atomic E-state index is 0.0959. The molecule has 1 amide bonds. The highest BCUT2D eigenvalue weighted by atomic mass is 32.2. The van der Waals surface area contributed by atoms with Gasteiger partial charge in [0.2, 0.25) is 5.91 Å². The lowest BCUT2D eigenvalue weighted by atomic mass is 10.2. The number of rotatable bonds is 8. The Balaban J connectivity index is 1.80. The minimum Gasteiger partial charge on any atom is -0.494 e. The second-order valence-electron chi connectivity index (χ2n) is 6.57. The fourth-order valence-corrected chi connectivity index (χ4v) is 5.35. The number of carbonyl (C=O) groups excluding carboxylic acids is 1. The molecule has 0 atom stereocenters. The summed E-state index contributed by atoms with van der Waals surface area (Å²) < 4.78 is 32.8. The normalized spacial score (nSPS) is 12.1.